The summed E-state index contributed by atoms with van der Waals surface area (Å²) in [5.41, 5.74) is 3.97. The van der Waals surface area contributed by atoms with Gasteiger partial charge in [-0.25, -0.2) is 0 Å². The van der Waals surface area contributed by atoms with Crippen LogP contribution in [0.3, 0.4) is 0 Å². The van der Waals surface area contributed by atoms with Crippen LogP contribution in [0.2, 0.25) is 0 Å². The maximum Gasteiger partial charge on any atom is 0.310 e. The van der Waals surface area contributed by atoms with Crippen LogP contribution in [0.1, 0.15) is 63.1 Å². The fourth-order valence-electron chi connectivity index (χ4n) is 7.02. The molecule has 6 atom stereocenters. The van der Waals surface area contributed by atoms with Gasteiger partial charge < -0.3 is 14.6 Å². The molecule has 5 rings (SSSR count). The number of allylic oxidation sites excluding steroid dienone is 1. The summed E-state index contributed by atoms with van der Waals surface area (Å²) in [6, 6.07) is 3.96. The summed E-state index contributed by atoms with van der Waals surface area (Å²) in [4.78, 5) is 15.4. The van der Waals surface area contributed by atoms with Crippen molar-refractivity contribution in [3.8, 4) is 11.5 Å². The second kappa shape index (κ2) is 7.54. The van der Waals surface area contributed by atoms with Gasteiger partial charge in [-0.1, -0.05) is 19.1 Å². The second-order valence-corrected chi connectivity index (χ2v) is 10.5. The highest BCUT2D eigenvalue weighted by atomic mass is 16.6. The summed E-state index contributed by atoms with van der Waals surface area (Å²) in [6.07, 6.45) is 6.52. The fraction of sp³-hybridized carbons (Fsp3) is 0.654. The molecule has 1 saturated heterocycles. The first kappa shape index (κ1) is 20.9. The van der Waals surface area contributed by atoms with Crippen LogP contribution in [-0.2, 0) is 16.0 Å². The van der Waals surface area contributed by atoms with E-state index >= 15 is 0 Å². The number of phenolic OH excluding ortho intramolecular Hbond substituents is 1. The Morgan fingerprint density at radius 2 is 2.16 bits per heavy atom. The molecule has 168 valence electrons. The van der Waals surface area contributed by atoms with Gasteiger partial charge in [0.05, 0.1) is 13.0 Å². The molecule has 0 amide bonds. The first-order chi connectivity index (χ1) is 14.8. The van der Waals surface area contributed by atoms with Crippen molar-refractivity contribution in [3.63, 3.8) is 0 Å². The first-order valence-corrected chi connectivity index (χ1v) is 11.8. The van der Waals surface area contributed by atoms with Gasteiger partial charge in [0, 0.05) is 25.0 Å². The molecule has 5 heteroatoms. The van der Waals surface area contributed by atoms with Crippen LogP contribution in [0.5, 0.6) is 11.5 Å². The molecule has 31 heavy (non-hydrogen) atoms. The standard InChI is InChI=1S/C26H35NO4/c1-15-6-5-8-26(3)13-24-19(11-21(15)26)20(25(29)31-24)14-27-9-7-17-10-22(28)23(30-4)12-18(17)16(27)2/h10,12,16,19-21,24,28H,1,5-9,11,13-14H2,2-4H3. The Hall–Kier alpha value is -2.01. The lowest BCUT2D eigenvalue weighted by molar-refractivity contribution is -0.146. The third-order valence-corrected chi connectivity index (χ3v) is 8.86. The van der Waals surface area contributed by atoms with Gasteiger partial charge in [0.1, 0.15) is 6.10 Å². The lowest BCUT2D eigenvalue weighted by Crippen LogP contribution is -2.46. The zero-order valence-electron chi connectivity index (χ0n) is 19.0. The summed E-state index contributed by atoms with van der Waals surface area (Å²) >= 11 is 0. The SMILES string of the molecule is C=C1CCCC2(C)CC3OC(=O)C(CN4CCc5cc(O)c(OC)cc5C4C)C3CC12. The second-order valence-electron chi connectivity index (χ2n) is 10.5. The summed E-state index contributed by atoms with van der Waals surface area (Å²) in [7, 11) is 1.58. The van der Waals surface area contributed by atoms with Crippen molar-refractivity contribution in [1.29, 1.82) is 0 Å². The number of esters is 1. The molecule has 2 aliphatic heterocycles. The number of fused-ring (bicyclic) bond motifs is 3. The molecule has 1 aromatic rings. The number of nitrogens with zero attached hydrogens (tertiary/aromatic N) is 1. The maximum atomic E-state index is 13.0. The van der Waals surface area contributed by atoms with Crippen LogP contribution >= 0.6 is 0 Å². The van der Waals surface area contributed by atoms with Gasteiger partial charge in [-0.3, -0.25) is 9.69 Å². The molecule has 0 bridgehead atoms. The number of phenols is 1. The highest BCUT2D eigenvalue weighted by molar-refractivity contribution is 5.75. The summed E-state index contributed by atoms with van der Waals surface area (Å²) in [5.74, 6) is 1.45. The summed E-state index contributed by atoms with van der Waals surface area (Å²) in [5, 5.41) is 10.1. The average Bonchev–Trinajstić information content (AvgIpc) is 3.02. The lowest BCUT2D eigenvalue weighted by Gasteiger charge is -2.50. The molecule has 3 fully saturated rings. The van der Waals surface area contributed by atoms with Crippen molar-refractivity contribution in [1.82, 2.24) is 4.90 Å². The molecule has 0 spiro atoms. The van der Waals surface area contributed by atoms with E-state index in [9.17, 15) is 9.90 Å². The number of rotatable bonds is 3. The number of carbonyl (C=O) groups is 1. The molecule has 4 aliphatic rings. The molecule has 0 aromatic heterocycles. The molecule has 1 aromatic carbocycles. The Bertz CT molecular complexity index is 911. The van der Waals surface area contributed by atoms with Gasteiger partial charge in [0.15, 0.2) is 11.5 Å². The normalized spacial score (nSPS) is 37.6. The topological polar surface area (TPSA) is 59.0 Å². The highest BCUT2D eigenvalue weighted by Gasteiger charge is 2.55. The number of benzene rings is 1. The Balaban J connectivity index is 1.36. The minimum absolute atomic E-state index is 0.0101. The van der Waals surface area contributed by atoms with Crippen molar-refractivity contribution in [2.45, 2.75) is 64.5 Å². The van der Waals surface area contributed by atoms with Crippen LogP contribution in [0.25, 0.3) is 0 Å². The van der Waals surface area contributed by atoms with Crippen LogP contribution in [0.15, 0.2) is 24.3 Å². The van der Waals surface area contributed by atoms with E-state index in [1.54, 1.807) is 7.11 Å². The molecule has 1 N–H and O–H groups in total. The molecule has 2 saturated carbocycles. The van der Waals surface area contributed by atoms with Crippen molar-refractivity contribution in [2.75, 3.05) is 20.2 Å². The van der Waals surface area contributed by atoms with E-state index in [1.165, 1.54) is 29.5 Å². The van der Waals surface area contributed by atoms with Crippen LogP contribution in [0.4, 0.5) is 0 Å². The number of carbonyl (C=O) groups excluding carboxylic acids is 1. The zero-order chi connectivity index (χ0) is 21.9. The van der Waals surface area contributed by atoms with Gasteiger partial charge in [0.2, 0.25) is 0 Å². The molecule has 0 radical (unpaired) electrons. The monoisotopic (exact) mass is 425 g/mol. The molecule has 2 heterocycles. The highest BCUT2D eigenvalue weighted by Crippen LogP contribution is 2.57. The Kier molecular flexibility index (Phi) is 5.08. The van der Waals surface area contributed by atoms with Crippen molar-refractivity contribution >= 4 is 5.97 Å². The van der Waals surface area contributed by atoms with Gasteiger partial charge >= 0.3 is 5.97 Å². The minimum atomic E-state index is -0.0627. The van der Waals surface area contributed by atoms with E-state index in [2.05, 4.69) is 25.3 Å². The van der Waals surface area contributed by atoms with Crippen molar-refractivity contribution in [2.24, 2.45) is 23.2 Å². The third-order valence-electron chi connectivity index (χ3n) is 8.86. The Labute approximate surface area is 185 Å². The molecule has 2 aliphatic carbocycles. The third kappa shape index (κ3) is 3.36. The largest absolute Gasteiger partial charge is 0.504 e. The van der Waals surface area contributed by atoms with Crippen LogP contribution in [0, 0.1) is 23.2 Å². The van der Waals surface area contributed by atoms with E-state index < -0.39 is 0 Å². The number of ether oxygens (including phenoxy) is 2. The molecular formula is C26H35NO4. The summed E-state index contributed by atoms with van der Waals surface area (Å²) < 4.78 is 11.3. The smallest absolute Gasteiger partial charge is 0.310 e. The van der Waals surface area contributed by atoms with Crippen LogP contribution in [-0.4, -0.2) is 42.3 Å². The van der Waals surface area contributed by atoms with Gasteiger partial charge in [-0.15, -0.1) is 0 Å². The molecule has 6 unspecified atom stereocenters. The van der Waals surface area contributed by atoms with Crippen molar-refractivity contribution < 1.29 is 19.4 Å². The molecular weight excluding hydrogens is 390 g/mol. The minimum Gasteiger partial charge on any atom is -0.504 e. The fourth-order valence-corrected chi connectivity index (χ4v) is 7.02. The predicted octanol–water partition coefficient (Wildman–Crippen LogP) is 4.63. The van der Waals surface area contributed by atoms with E-state index in [1.807, 2.05) is 12.1 Å². The van der Waals surface area contributed by atoms with Gasteiger partial charge in [-0.2, -0.15) is 0 Å². The Morgan fingerprint density at radius 1 is 1.35 bits per heavy atom. The number of methoxy groups -OCH3 is 1. The lowest BCUT2D eigenvalue weighted by atomic mass is 9.55. The van der Waals surface area contributed by atoms with Gasteiger partial charge in [0.25, 0.3) is 0 Å². The Morgan fingerprint density at radius 3 is 2.94 bits per heavy atom. The number of hydrogen-bond acceptors (Lipinski definition) is 5. The quantitative estimate of drug-likeness (QED) is 0.565. The van der Waals surface area contributed by atoms with E-state index in [0.29, 0.717) is 17.6 Å². The van der Waals surface area contributed by atoms with Gasteiger partial charge in [-0.05, 0) is 80.0 Å². The van der Waals surface area contributed by atoms with E-state index in [0.717, 1.165) is 38.8 Å². The zero-order valence-corrected chi connectivity index (χ0v) is 19.0. The summed E-state index contributed by atoms with van der Waals surface area (Å²) in [6.45, 7) is 10.6. The van der Waals surface area contributed by atoms with E-state index in [4.69, 9.17) is 9.47 Å². The predicted molar refractivity (Wildman–Crippen MR) is 119 cm³/mol. The van der Waals surface area contributed by atoms with Crippen LogP contribution < -0.4 is 4.74 Å². The van der Waals surface area contributed by atoms with E-state index in [-0.39, 0.29) is 35.2 Å². The number of aromatic hydroxyl groups is 1. The molecule has 5 nitrogen and oxygen atoms in total. The number of hydrogen-bond donors (Lipinski definition) is 1. The first-order valence-electron chi connectivity index (χ1n) is 11.8. The maximum absolute atomic E-state index is 13.0. The van der Waals surface area contributed by atoms with Crippen molar-refractivity contribution in [3.05, 3.63) is 35.4 Å². The average molecular weight is 426 g/mol.